The fourth-order valence-electron chi connectivity index (χ4n) is 12.9. The molecule has 5 heterocycles. The van der Waals surface area contributed by atoms with Gasteiger partial charge in [-0.05, 0) is 112 Å². The molecule has 0 amide bonds. The Hall–Kier alpha value is -2.57. The molecule has 5 aliphatic rings. The van der Waals surface area contributed by atoms with Gasteiger partial charge in [-0.3, -0.25) is 19.2 Å². The number of fused-ring (bicyclic) bond motifs is 8. The van der Waals surface area contributed by atoms with Gasteiger partial charge in [0.05, 0.1) is 7.11 Å². The maximum absolute atomic E-state index is 14.6. The molecule has 362 valence electrons. The molecular weight excluding hydrogens is 837 g/mol. The van der Waals surface area contributed by atoms with Crippen LogP contribution < -0.4 is 15.6 Å². The molecule has 14 atom stereocenters. The van der Waals surface area contributed by atoms with E-state index in [1.54, 1.807) is 0 Å². The molecule has 0 radical (unpaired) electrons. The van der Waals surface area contributed by atoms with Crippen molar-refractivity contribution in [1.82, 2.24) is 15.6 Å². The van der Waals surface area contributed by atoms with Crippen LogP contribution in [0.1, 0.15) is 161 Å². The van der Waals surface area contributed by atoms with Crippen LogP contribution in [0.25, 0.3) is 11.4 Å². The Bertz CT molecular complexity index is 1900. The second kappa shape index (κ2) is 24.8. The number of Topliss-reactive ketones (excluding diaryl/α,β-unsaturated/α-hetero) is 1. The summed E-state index contributed by atoms with van der Waals surface area (Å²) in [4.78, 5) is 59.7. The zero-order chi connectivity index (χ0) is 47.1. The van der Waals surface area contributed by atoms with Gasteiger partial charge in [0.2, 0.25) is 0 Å². The minimum Gasteiger partial charge on any atom is -0.664 e. The third-order valence-corrected chi connectivity index (χ3v) is 16.9. The minimum atomic E-state index is -0.942. The molecule has 11 heteroatoms. The monoisotopic (exact) mass is 921 g/mol. The number of carbonyl (C=O) groups excluding carboxylic acids is 4. The molecule has 3 fully saturated rings. The van der Waals surface area contributed by atoms with Crippen molar-refractivity contribution in [2.24, 2.45) is 53.3 Å². The van der Waals surface area contributed by atoms with E-state index in [9.17, 15) is 19.2 Å². The van der Waals surface area contributed by atoms with Crippen molar-refractivity contribution >= 4 is 53.1 Å². The largest absolute Gasteiger partial charge is 2.00 e. The summed E-state index contributed by atoms with van der Waals surface area (Å²) >= 11 is 0. The molecule has 0 spiro atoms. The number of allylic oxidation sites excluding steroid dienone is 1. The summed E-state index contributed by atoms with van der Waals surface area (Å²) in [7, 11) is 1.36. The molecule has 4 aliphatic heterocycles. The standard InChI is InChI=1S/C55H84N4O6.Mg/c1-12-38-35(8)42-27-43-36(9)40(23-24-48(61)65-26-25-34(7)22-16-21-33(6)20-15-19-32(5)18-14-17-31(3)4)52(58-43)50-51(55(63)64-11)54(62)49-37(10)44(59-53(49)50)28-46-39(13-2)41(30-60)47(57-46)29-45(38)56-42;/h12,25,30-33,36-37,40,43-44,46-47,49-53,57-58H,1,13-24,26-29H2,2-11H3;/q-2;+2/b34-25+;/t32-,33-,36+,37?,40+,43?,44?,46?,47?,49?,50?,51-,52?,53?;/m1./s1. The third kappa shape index (κ3) is 12.4. The van der Waals surface area contributed by atoms with Crippen molar-refractivity contribution in [1.29, 1.82) is 0 Å². The first-order valence-electron chi connectivity index (χ1n) is 25.7. The molecule has 0 aromatic carbocycles. The van der Waals surface area contributed by atoms with Crippen molar-refractivity contribution in [3.63, 3.8) is 0 Å². The summed E-state index contributed by atoms with van der Waals surface area (Å²) in [5.74, 6) is -0.263. The molecule has 8 bridgehead atoms. The summed E-state index contributed by atoms with van der Waals surface area (Å²) in [5, 5.41) is 13.3. The van der Waals surface area contributed by atoms with Gasteiger partial charge < -0.3 is 30.4 Å². The molecule has 6 rings (SSSR count). The number of ether oxygens (including phenoxy) is 2. The van der Waals surface area contributed by atoms with Gasteiger partial charge in [-0.15, -0.1) is 12.1 Å². The number of hydrogen-bond donors (Lipinski definition) is 2. The zero-order valence-electron chi connectivity index (χ0n) is 42.5. The maximum atomic E-state index is 14.6. The van der Waals surface area contributed by atoms with E-state index in [0.29, 0.717) is 25.7 Å². The molecule has 1 aromatic heterocycles. The molecule has 10 nitrogen and oxygen atoms in total. The van der Waals surface area contributed by atoms with E-state index in [2.05, 4.69) is 85.6 Å². The second-order valence-corrected chi connectivity index (χ2v) is 21.6. The molecule has 1 aromatic rings. The van der Waals surface area contributed by atoms with Crippen LogP contribution in [0.2, 0.25) is 0 Å². The molecule has 1 aliphatic carbocycles. The summed E-state index contributed by atoms with van der Waals surface area (Å²) in [5.41, 5.74) is 7.16. The first-order valence-corrected chi connectivity index (χ1v) is 25.7. The molecule has 1 saturated carbocycles. The number of esters is 2. The average molecular weight is 922 g/mol. The Morgan fingerprint density at radius 1 is 0.924 bits per heavy atom. The molecular formula is C55H84MgN4O6. The Morgan fingerprint density at radius 2 is 1.61 bits per heavy atom. The maximum Gasteiger partial charge on any atom is 2.00 e. The van der Waals surface area contributed by atoms with Crippen LogP contribution in [0.3, 0.4) is 0 Å². The van der Waals surface area contributed by atoms with Crippen LogP contribution in [0.5, 0.6) is 0 Å². The van der Waals surface area contributed by atoms with Gasteiger partial charge in [0.15, 0.2) is 0 Å². The van der Waals surface area contributed by atoms with Crippen molar-refractivity contribution in [2.45, 2.75) is 195 Å². The van der Waals surface area contributed by atoms with Crippen molar-refractivity contribution < 1.29 is 28.7 Å². The smallest absolute Gasteiger partial charge is 0.664 e. The first-order chi connectivity index (χ1) is 31.1. The molecule has 2 saturated heterocycles. The van der Waals surface area contributed by atoms with Crippen molar-refractivity contribution in [3.05, 3.63) is 57.2 Å². The van der Waals surface area contributed by atoms with Gasteiger partial charge in [-0.1, -0.05) is 123 Å². The Kier molecular flexibility index (Phi) is 20.4. The van der Waals surface area contributed by atoms with E-state index >= 15 is 0 Å². The summed E-state index contributed by atoms with van der Waals surface area (Å²) in [6.45, 7) is 24.5. The van der Waals surface area contributed by atoms with Gasteiger partial charge in [-0.25, -0.2) is 0 Å². The van der Waals surface area contributed by atoms with E-state index in [1.165, 1.54) is 57.6 Å². The molecule has 2 N–H and O–H groups in total. The van der Waals surface area contributed by atoms with Crippen LogP contribution in [0, 0.1) is 60.2 Å². The summed E-state index contributed by atoms with van der Waals surface area (Å²) in [6, 6.07) is -1.03. The van der Waals surface area contributed by atoms with Gasteiger partial charge in [0.1, 0.15) is 24.6 Å². The fraction of sp³-hybridized carbons (Fsp3) is 0.745. The average Bonchev–Trinajstić information content (AvgIpc) is 4.02. The van der Waals surface area contributed by atoms with Crippen molar-refractivity contribution in [3.8, 4) is 0 Å². The molecule has 9 unspecified atom stereocenters. The van der Waals surface area contributed by atoms with E-state index in [4.69, 9.17) is 19.8 Å². The molecule has 66 heavy (non-hydrogen) atoms. The normalized spacial score (nSPS) is 31.5. The predicted octanol–water partition coefficient (Wildman–Crippen LogP) is 9.62. The van der Waals surface area contributed by atoms with Gasteiger partial charge >= 0.3 is 35.0 Å². The number of nitrogens with one attached hydrogen (secondary N) is 2. The van der Waals surface area contributed by atoms with Crippen LogP contribution in [-0.4, -0.2) is 97.0 Å². The van der Waals surface area contributed by atoms with Gasteiger partial charge in [0, 0.05) is 42.1 Å². The number of aromatic nitrogens is 1. The summed E-state index contributed by atoms with van der Waals surface area (Å²) < 4.78 is 11.2. The van der Waals surface area contributed by atoms with E-state index in [1.807, 2.05) is 6.08 Å². The minimum absolute atomic E-state index is 0. The summed E-state index contributed by atoms with van der Waals surface area (Å²) in [6.07, 6.45) is 19.7. The van der Waals surface area contributed by atoms with Gasteiger partial charge in [-0.2, -0.15) is 11.4 Å². The van der Waals surface area contributed by atoms with Crippen LogP contribution >= 0.6 is 0 Å². The number of ketones is 1. The quantitative estimate of drug-likeness (QED) is 0.0406. The van der Waals surface area contributed by atoms with Crippen LogP contribution in [0.4, 0.5) is 0 Å². The number of carbonyl (C=O) groups is 4. The Labute approximate surface area is 414 Å². The number of rotatable bonds is 21. The fourth-order valence-corrected chi connectivity index (χ4v) is 12.9. The number of aldehydes is 1. The number of hydrogen-bond acceptors (Lipinski definition) is 8. The topological polar surface area (TPSA) is 139 Å². The number of nitrogens with zero attached hydrogens (tertiary/aromatic N) is 2. The third-order valence-electron chi connectivity index (χ3n) is 16.9. The van der Waals surface area contributed by atoms with E-state index in [0.717, 1.165) is 77.0 Å². The Morgan fingerprint density at radius 3 is 2.24 bits per heavy atom. The predicted molar refractivity (Wildman–Crippen MR) is 266 cm³/mol. The van der Waals surface area contributed by atoms with Crippen molar-refractivity contribution in [2.75, 3.05) is 13.7 Å². The van der Waals surface area contributed by atoms with Gasteiger partial charge in [0.25, 0.3) is 0 Å². The zero-order valence-corrected chi connectivity index (χ0v) is 43.9. The second-order valence-electron chi connectivity index (χ2n) is 21.6. The number of methoxy groups -OCH3 is 1. The Balaban J connectivity index is 0.00000817. The van der Waals surface area contributed by atoms with E-state index in [-0.39, 0.29) is 102 Å². The van der Waals surface area contributed by atoms with Crippen LogP contribution in [0.15, 0.2) is 29.4 Å². The first kappa shape index (κ1) is 54.4. The van der Waals surface area contributed by atoms with E-state index < -0.39 is 23.7 Å². The van der Waals surface area contributed by atoms with Crippen LogP contribution in [-0.2, 0) is 41.5 Å². The SMILES string of the molecule is C=Cc1c2[n-]c(c1C)CC1NC(C3C4[N-]C(CC5NC(C2)C(C=O)=C5CC)C(C)C4C(=O)[C@@H]3C(=O)OC)[C@@H](CCC(=O)OC/C=C(\C)CCC[C@H](C)CCC[C@H](C)CCCC(C)C)[C@@H]1C.[Mg+2].